The summed E-state index contributed by atoms with van der Waals surface area (Å²) in [5.74, 6) is -0.814. The van der Waals surface area contributed by atoms with Gasteiger partial charge in [-0.15, -0.1) is 0 Å². The van der Waals surface area contributed by atoms with Gasteiger partial charge in [-0.25, -0.2) is 12.8 Å². The van der Waals surface area contributed by atoms with Crippen molar-refractivity contribution < 1.29 is 17.9 Å². The third kappa shape index (κ3) is 2.74. The van der Waals surface area contributed by atoms with Gasteiger partial charge in [0.2, 0.25) is 0 Å². The lowest BCUT2D eigenvalue weighted by Gasteiger charge is -2.10. The summed E-state index contributed by atoms with van der Waals surface area (Å²) in [6.07, 6.45) is 0.916. The van der Waals surface area contributed by atoms with E-state index in [2.05, 4.69) is 0 Å². The van der Waals surface area contributed by atoms with Crippen molar-refractivity contribution in [3.05, 3.63) is 29.6 Å². The summed E-state index contributed by atoms with van der Waals surface area (Å²) in [7, 11) is -3.61. The van der Waals surface area contributed by atoms with Gasteiger partial charge in [-0.05, 0) is 17.7 Å². The molecule has 0 fully saturated rings. The van der Waals surface area contributed by atoms with Crippen LogP contribution in [0.1, 0.15) is 11.6 Å². The molecule has 1 atom stereocenters. The maximum atomic E-state index is 13.2. The lowest BCUT2D eigenvalue weighted by atomic mass is 10.1. The Labute approximate surface area is 87.5 Å². The Morgan fingerprint density at radius 3 is 2.60 bits per heavy atom. The molecule has 84 valence electrons. The maximum Gasteiger partial charge on any atom is 0.178 e. The first-order valence-electron chi connectivity index (χ1n) is 4.22. The summed E-state index contributed by atoms with van der Waals surface area (Å²) in [4.78, 5) is -0.399. The Hall–Kier alpha value is -0.980. The van der Waals surface area contributed by atoms with Crippen LogP contribution in [0, 0.1) is 5.82 Å². The molecule has 0 amide bonds. The van der Waals surface area contributed by atoms with Crippen LogP contribution in [0.3, 0.4) is 0 Å². The van der Waals surface area contributed by atoms with Crippen LogP contribution in [-0.4, -0.2) is 26.4 Å². The number of hydrogen-bond acceptors (Lipinski definition) is 4. The number of sulfone groups is 1. The predicted octanol–water partition coefficient (Wildman–Crippen LogP) is 0.221. The van der Waals surface area contributed by atoms with Crippen molar-refractivity contribution >= 4 is 9.84 Å². The van der Waals surface area contributed by atoms with Crippen molar-refractivity contribution in [2.75, 3.05) is 12.9 Å². The van der Waals surface area contributed by atoms with E-state index < -0.39 is 26.6 Å². The van der Waals surface area contributed by atoms with E-state index in [1.807, 2.05) is 0 Å². The largest absolute Gasteiger partial charge is 0.394 e. The molecule has 0 heterocycles. The van der Waals surface area contributed by atoms with Crippen LogP contribution in [-0.2, 0) is 9.84 Å². The van der Waals surface area contributed by atoms with Gasteiger partial charge in [0.05, 0.1) is 12.6 Å². The minimum Gasteiger partial charge on any atom is -0.394 e. The van der Waals surface area contributed by atoms with Gasteiger partial charge in [0, 0.05) is 6.26 Å². The van der Waals surface area contributed by atoms with Crippen LogP contribution in [0.5, 0.6) is 0 Å². The molecule has 1 unspecified atom stereocenters. The number of hydrogen-bond donors (Lipinski definition) is 2. The quantitative estimate of drug-likeness (QED) is 0.782. The van der Waals surface area contributed by atoms with Gasteiger partial charge in [0.25, 0.3) is 0 Å². The first kappa shape index (κ1) is 12.1. The Balaban J connectivity index is 3.29. The molecule has 0 aromatic heterocycles. The second kappa shape index (κ2) is 4.26. The molecule has 0 saturated heterocycles. The molecule has 3 N–H and O–H groups in total. The molecule has 0 aliphatic rings. The second-order valence-electron chi connectivity index (χ2n) is 3.25. The van der Waals surface area contributed by atoms with E-state index in [0.29, 0.717) is 5.56 Å². The van der Waals surface area contributed by atoms with Gasteiger partial charge < -0.3 is 10.8 Å². The predicted molar refractivity (Wildman–Crippen MR) is 53.5 cm³/mol. The van der Waals surface area contributed by atoms with Crippen molar-refractivity contribution in [2.45, 2.75) is 10.9 Å². The summed E-state index contributed by atoms with van der Waals surface area (Å²) in [5, 5.41) is 8.78. The topological polar surface area (TPSA) is 80.4 Å². The van der Waals surface area contributed by atoms with Crippen LogP contribution >= 0.6 is 0 Å². The van der Waals surface area contributed by atoms with Crippen LogP contribution in [0.4, 0.5) is 4.39 Å². The second-order valence-corrected chi connectivity index (χ2v) is 5.24. The van der Waals surface area contributed by atoms with E-state index in [0.717, 1.165) is 18.4 Å². The van der Waals surface area contributed by atoms with Crippen LogP contribution in [0.15, 0.2) is 23.1 Å². The van der Waals surface area contributed by atoms with Crippen molar-refractivity contribution in [3.63, 3.8) is 0 Å². The molecule has 0 saturated carbocycles. The van der Waals surface area contributed by atoms with Gasteiger partial charge >= 0.3 is 0 Å². The molecule has 0 bridgehead atoms. The van der Waals surface area contributed by atoms with Crippen molar-refractivity contribution in [1.29, 1.82) is 0 Å². The molecule has 1 rings (SSSR count). The number of halogens is 1. The van der Waals surface area contributed by atoms with E-state index in [9.17, 15) is 12.8 Å². The Bertz CT molecular complexity index is 458. The highest BCUT2D eigenvalue weighted by atomic mass is 32.2. The fourth-order valence-electron chi connectivity index (χ4n) is 1.14. The summed E-state index contributed by atoms with van der Waals surface area (Å²) >= 11 is 0. The van der Waals surface area contributed by atoms with Gasteiger partial charge in [0.15, 0.2) is 9.84 Å². The van der Waals surface area contributed by atoms with Gasteiger partial charge in [-0.1, -0.05) is 6.07 Å². The molecule has 0 aliphatic carbocycles. The summed E-state index contributed by atoms with van der Waals surface area (Å²) < 4.78 is 35.5. The number of rotatable bonds is 3. The van der Waals surface area contributed by atoms with E-state index in [1.165, 1.54) is 6.07 Å². The molecule has 1 aromatic carbocycles. The molecular formula is C9H12FNO3S. The summed E-state index contributed by atoms with van der Waals surface area (Å²) in [5.41, 5.74) is 5.88. The van der Waals surface area contributed by atoms with E-state index in [1.54, 1.807) is 0 Å². The van der Waals surface area contributed by atoms with Gasteiger partial charge in [-0.3, -0.25) is 0 Å². The van der Waals surface area contributed by atoms with Crippen molar-refractivity contribution in [2.24, 2.45) is 5.73 Å². The zero-order valence-electron chi connectivity index (χ0n) is 8.14. The van der Waals surface area contributed by atoms with Gasteiger partial charge in [0.1, 0.15) is 10.7 Å². The highest BCUT2D eigenvalue weighted by Crippen LogP contribution is 2.19. The third-order valence-electron chi connectivity index (χ3n) is 1.98. The number of aliphatic hydroxyl groups excluding tert-OH is 1. The van der Waals surface area contributed by atoms with E-state index in [4.69, 9.17) is 10.8 Å². The van der Waals surface area contributed by atoms with Crippen molar-refractivity contribution in [1.82, 2.24) is 0 Å². The smallest absolute Gasteiger partial charge is 0.178 e. The van der Waals surface area contributed by atoms with Gasteiger partial charge in [-0.2, -0.15) is 0 Å². The van der Waals surface area contributed by atoms with Crippen LogP contribution in [0.25, 0.3) is 0 Å². The minimum atomic E-state index is -3.61. The zero-order chi connectivity index (χ0) is 11.6. The Morgan fingerprint density at radius 1 is 1.53 bits per heavy atom. The number of benzene rings is 1. The normalized spacial score (nSPS) is 13.9. The Kier molecular flexibility index (Phi) is 3.43. The lowest BCUT2D eigenvalue weighted by Crippen LogP contribution is -2.15. The molecule has 6 heteroatoms. The van der Waals surface area contributed by atoms with Crippen LogP contribution in [0.2, 0.25) is 0 Å². The number of aliphatic hydroxyl groups is 1. The first-order chi connectivity index (χ1) is 6.86. The first-order valence-corrected chi connectivity index (χ1v) is 6.11. The molecule has 0 spiro atoms. The fourth-order valence-corrected chi connectivity index (χ4v) is 1.91. The average Bonchev–Trinajstić information content (AvgIpc) is 2.15. The highest BCUT2D eigenvalue weighted by molar-refractivity contribution is 7.90. The molecule has 1 aromatic rings. The lowest BCUT2D eigenvalue weighted by molar-refractivity contribution is 0.267. The monoisotopic (exact) mass is 233 g/mol. The van der Waals surface area contributed by atoms with Crippen LogP contribution < -0.4 is 5.73 Å². The third-order valence-corrected chi connectivity index (χ3v) is 3.09. The molecule has 0 aliphatic heterocycles. The maximum absolute atomic E-state index is 13.2. The molecule has 0 radical (unpaired) electrons. The Morgan fingerprint density at radius 2 is 2.13 bits per heavy atom. The fraction of sp³-hybridized carbons (Fsp3) is 0.333. The van der Waals surface area contributed by atoms with Crippen molar-refractivity contribution in [3.8, 4) is 0 Å². The van der Waals surface area contributed by atoms with E-state index >= 15 is 0 Å². The summed E-state index contributed by atoms with van der Waals surface area (Å²) in [6.45, 7) is -0.325. The SMILES string of the molecule is CS(=O)(=O)c1cc(C(N)CO)ccc1F. The molecule has 4 nitrogen and oxygen atoms in total. The minimum absolute atomic E-state index is 0.325. The summed E-state index contributed by atoms with van der Waals surface area (Å²) in [6, 6.07) is 2.82. The number of nitrogens with two attached hydrogens (primary N) is 1. The zero-order valence-corrected chi connectivity index (χ0v) is 8.96. The average molecular weight is 233 g/mol. The standard InChI is InChI=1S/C9H12FNO3S/c1-15(13,14)9-4-6(8(11)5-12)2-3-7(9)10/h2-4,8,12H,5,11H2,1H3. The molecule has 15 heavy (non-hydrogen) atoms. The van der Waals surface area contributed by atoms with E-state index in [-0.39, 0.29) is 6.61 Å². The highest BCUT2D eigenvalue weighted by Gasteiger charge is 2.16. The molecular weight excluding hydrogens is 221 g/mol.